The van der Waals surface area contributed by atoms with Crippen LogP contribution in [0.4, 0.5) is 0 Å². The molecule has 0 aliphatic heterocycles. The Balaban J connectivity index is 2.46. The van der Waals surface area contributed by atoms with Crippen LogP contribution < -0.4 is 0 Å². The first kappa shape index (κ1) is 13.9. The molecule has 0 aliphatic carbocycles. The fourth-order valence-corrected chi connectivity index (χ4v) is 1.96. The third-order valence-electron chi connectivity index (χ3n) is 3.01. The summed E-state index contributed by atoms with van der Waals surface area (Å²) in [5, 5.41) is 16.8. The van der Waals surface area contributed by atoms with Crippen molar-refractivity contribution in [2.45, 2.75) is 26.2 Å². The van der Waals surface area contributed by atoms with Crippen LogP contribution in [0.3, 0.4) is 0 Å². The van der Waals surface area contributed by atoms with Gasteiger partial charge in [-0.3, -0.25) is 4.79 Å². The highest BCUT2D eigenvalue weighted by Gasteiger charge is 2.14. The van der Waals surface area contributed by atoms with Crippen LogP contribution in [0.15, 0.2) is 24.3 Å². The van der Waals surface area contributed by atoms with E-state index in [2.05, 4.69) is 17.2 Å². The van der Waals surface area contributed by atoms with E-state index in [1.165, 1.54) is 16.8 Å². The number of carboxylic acid groups (broad SMARTS) is 1. The molecular weight excluding hydrogens is 258 g/mol. The van der Waals surface area contributed by atoms with Crippen LogP contribution in [0, 0.1) is 0 Å². The molecule has 0 bridgehead atoms. The molecule has 1 aromatic carbocycles. The van der Waals surface area contributed by atoms with Gasteiger partial charge >= 0.3 is 5.97 Å². The first-order valence-corrected chi connectivity index (χ1v) is 6.40. The molecule has 0 radical (unpaired) electrons. The van der Waals surface area contributed by atoms with Crippen molar-refractivity contribution >= 4 is 12.3 Å². The molecule has 0 spiro atoms. The van der Waals surface area contributed by atoms with Gasteiger partial charge in [0.1, 0.15) is 5.69 Å². The van der Waals surface area contributed by atoms with Gasteiger partial charge < -0.3 is 5.11 Å². The number of benzene rings is 1. The lowest BCUT2D eigenvalue weighted by molar-refractivity contribution is 0.0696. The Bertz CT molecular complexity index is 634. The van der Waals surface area contributed by atoms with Crippen LogP contribution in [0.1, 0.15) is 46.3 Å². The van der Waals surface area contributed by atoms with Gasteiger partial charge in [-0.2, -0.15) is 0 Å². The highest BCUT2D eigenvalue weighted by Crippen LogP contribution is 2.16. The highest BCUT2D eigenvalue weighted by molar-refractivity contribution is 5.88. The van der Waals surface area contributed by atoms with Gasteiger partial charge in [-0.15, -0.1) is 5.10 Å². The molecule has 0 fully saturated rings. The minimum Gasteiger partial charge on any atom is -0.478 e. The zero-order valence-electron chi connectivity index (χ0n) is 11.1. The smallest absolute Gasteiger partial charge is 0.335 e. The Morgan fingerprint density at radius 3 is 2.90 bits per heavy atom. The third-order valence-corrected chi connectivity index (χ3v) is 3.01. The van der Waals surface area contributed by atoms with Crippen molar-refractivity contribution in [3.8, 4) is 5.69 Å². The molecule has 6 heteroatoms. The number of carboxylic acids is 1. The number of nitrogens with zero attached hydrogens (tertiary/aromatic N) is 3. The summed E-state index contributed by atoms with van der Waals surface area (Å²) in [6.45, 7) is 2.06. The molecule has 0 saturated heterocycles. The molecule has 0 unspecified atom stereocenters. The summed E-state index contributed by atoms with van der Waals surface area (Å²) >= 11 is 0. The molecule has 0 atom stereocenters. The first-order chi connectivity index (χ1) is 9.67. The predicted molar refractivity (Wildman–Crippen MR) is 72.3 cm³/mol. The SMILES string of the molecule is CCCCc1c(C=O)nnn1-c1cccc(C(=O)O)c1. The van der Waals surface area contributed by atoms with E-state index < -0.39 is 5.97 Å². The number of carbonyl (C=O) groups excluding carboxylic acids is 1. The van der Waals surface area contributed by atoms with E-state index in [0.717, 1.165) is 12.8 Å². The molecule has 0 saturated carbocycles. The molecule has 0 amide bonds. The summed E-state index contributed by atoms with van der Waals surface area (Å²) in [7, 11) is 0. The standard InChI is InChI=1S/C14H15N3O3/c1-2-3-7-13-12(9-18)15-16-17(13)11-6-4-5-10(8-11)14(19)20/h4-6,8-9H,2-3,7H2,1H3,(H,19,20). The second kappa shape index (κ2) is 6.10. The Morgan fingerprint density at radius 2 is 2.25 bits per heavy atom. The van der Waals surface area contributed by atoms with Gasteiger partial charge in [-0.05, 0) is 31.0 Å². The fraction of sp³-hybridized carbons (Fsp3) is 0.286. The van der Waals surface area contributed by atoms with E-state index in [0.29, 0.717) is 29.8 Å². The van der Waals surface area contributed by atoms with E-state index in [4.69, 9.17) is 5.11 Å². The lowest BCUT2D eigenvalue weighted by atomic mass is 10.1. The number of aldehydes is 1. The van der Waals surface area contributed by atoms with E-state index in [1.54, 1.807) is 12.1 Å². The Labute approximate surface area is 116 Å². The van der Waals surface area contributed by atoms with Gasteiger partial charge in [0.05, 0.1) is 16.9 Å². The van der Waals surface area contributed by atoms with Crippen LogP contribution in [-0.4, -0.2) is 32.4 Å². The third kappa shape index (κ3) is 2.74. The first-order valence-electron chi connectivity index (χ1n) is 6.40. The van der Waals surface area contributed by atoms with Crippen molar-refractivity contribution in [3.05, 3.63) is 41.2 Å². The van der Waals surface area contributed by atoms with Crippen LogP contribution in [0.25, 0.3) is 5.69 Å². The molecule has 20 heavy (non-hydrogen) atoms. The normalized spacial score (nSPS) is 10.4. The van der Waals surface area contributed by atoms with Crippen molar-refractivity contribution in [3.63, 3.8) is 0 Å². The van der Waals surface area contributed by atoms with Crippen molar-refractivity contribution < 1.29 is 14.7 Å². The van der Waals surface area contributed by atoms with Crippen LogP contribution in [-0.2, 0) is 6.42 Å². The molecule has 1 aromatic heterocycles. The zero-order valence-corrected chi connectivity index (χ0v) is 11.1. The Hall–Kier alpha value is -2.50. The number of hydrogen-bond acceptors (Lipinski definition) is 4. The average Bonchev–Trinajstić information content (AvgIpc) is 2.88. The van der Waals surface area contributed by atoms with Crippen LogP contribution in [0.5, 0.6) is 0 Å². The van der Waals surface area contributed by atoms with Crippen LogP contribution in [0.2, 0.25) is 0 Å². The maximum atomic E-state index is 11.0. The molecule has 0 aliphatic rings. The topological polar surface area (TPSA) is 85.1 Å². The Kier molecular flexibility index (Phi) is 4.24. The summed E-state index contributed by atoms with van der Waals surface area (Å²) in [6.07, 6.45) is 3.25. The lowest BCUT2D eigenvalue weighted by Crippen LogP contribution is -2.05. The number of aromatic carboxylic acids is 1. The van der Waals surface area contributed by atoms with E-state index in [-0.39, 0.29) is 5.56 Å². The Morgan fingerprint density at radius 1 is 1.45 bits per heavy atom. The fourth-order valence-electron chi connectivity index (χ4n) is 1.96. The summed E-state index contributed by atoms with van der Waals surface area (Å²) < 4.78 is 1.53. The van der Waals surface area contributed by atoms with Gasteiger partial charge in [-0.1, -0.05) is 24.6 Å². The van der Waals surface area contributed by atoms with Gasteiger partial charge in [-0.25, -0.2) is 9.48 Å². The summed E-state index contributed by atoms with van der Waals surface area (Å²) in [5.41, 5.74) is 1.78. The number of unbranched alkanes of at least 4 members (excludes halogenated alkanes) is 1. The van der Waals surface area contributed by atoms with Crippen LogP contribution >= 0.6 is 0 Å². The van der Waals surface area contributed by atoms with E-state index >= 15 is 0 Å². The minimum atomic E-state index is -1.00. The van der Waals surface area contributed by atoms with Gasteiger partial charge in [0, 0.05) is 0 Å². The second-order valence-corrected chi connectivity index (χ2v) is 4.41. The highest BCUT2D eigenvalue weighted by atomic mass is 16.4. The number of carbonyl (C=O) groups is 2. The van der Waals surface area contributed by atoms with E-state index in [1.807, 2.05) is 0 Å². The molecule has 1 N–H and O–H groups in total. The molecule has 2 rings (SSSR count). The molecule has 2 aromatic rings. The average molecular weight is 273 g/mol. The zero-order chi connectivity index (χ0) is 14.5. The summed E-state index contributed by atoms with van der Waals surface area (Å²) in [6, 6.07) is 6.41. The van der Waals surface area contributed by atoms with Gasteiger partial charge in [0.2, 0.25) is 0 Å². The molecular formula is C14H15N3O3. The maximum absolute atomic E-state index is 11.0. The second-order valence-electron chi connectivity index (χ2n) is 4.41. The van der Waals surface area contributed by atoms with Gasteiger partial charge in [0.15, 0.2) is 6.29 Å². The van der Waals surface area contributed by atoms with Crippen molar-refractivity contribution in [2.75, 3.05) is 0 Å². The maximum Gasteiger partial charge on any atom is 0.335 e. The van der Waals surface area contributed by atoms with Gasteiger partial charge in [0.25, 0.3) is 0 Å². The summed E-state index contributed by atoms with van der Waals surface area (Å²) in [4.78, 5) is 22.0. The predicted octanol–water partition coefficient (Wildman–Crippen LogP) is 2.12. The van der Waals surface area contributed by atoms with Crippen molar-refractivity contribution in [1.29, 1.82) is 0 Å². The summed E-state index contributed by atoms with van der Waals surface area (Å²) in [5.74, 6) is -1.00. The largest absolute Gasteiger partial charge is 0.478 e. The molecule has 1 heterocycles. The quantitative estimate of drug-likeness (QED) is 0.815. The van der Waals surface area contributed by atoms with Crippen molar-refractivity contribution in [1.82, 2.24) is 15.0 Å². The van der Waals surface area contributed by atoms with E-state index in [9.17, 15) is 9.59 Å². The molecule has 104 valence electrons. The number of rotatable bonds is 6. The number of aromatic nitrogens is 3. The molecule has 6 nitrogen and oxygen atoms in total. The van der Waals surface area contributed by atoms with Crippen molar-refractivity contribution in [2.24, 2.45) is 0 Å². The monoisotopic (exact) mass is 273 g/mol. The number of hydrogen-bond donors (Lipinski definition) is 1. The lowest BCUT2D eigenvalue weighted by Gasteiger charge is -2.07. The minimum absolute atomic E-state index is 0.173.